The van der Waals surface area contributed by atoms with Gasteiger partial charge in [0.2, 0.25) is 0 Å². The van der Waals surface area contributed by atoms with Crippen molar-refractivity contribution in [1.29, 1.82) is 0 Å². The van der Waals surface area contributed by atoms with E-state index in [0.29, 0.717) is 12.8 Å². The zero-order valence-electron chi connectivity index (χ0n) is 20.2. The highest BCUT2D eigenvalue weighted by molar-refractivity contribution is 5.79. The molecule has 34 heavy (non-hydrogen) atoms. The number of carboxylic acid groups (broad SMARTS) is 1. The number of aliphatic carboxylic acids is 1. The van der Waals surface area contributed by atoms with E-state index in [4.69, 9.17) is 9.47 Å². The molecule has 1 aliphatic carbocycles. The molecule has 0 saturated heterocycles. The summed E-state index contributed by atoms with van der Waals surface area (Å²) >= 11 is 0. The molecule has 2 aromatic carbocycles. The highest BCUT2D eigenvalue weighted by Crippen LogP contribution is 2.44. The number of benzene rings is 2. The van der Waals surface area contributed by atoms with E-state index >= 15 is 0 Å². The van der Waals surface area contributed by atoms with Crippen LogP contribution in [0.5, 0.6) is 0 Å². The summed E-state index contributed by atoms with van der Waals surface area (Å²) in [7, 11) is 1.46. The fourth-order valence-corrected chi connectivity index (χ4v) is 4.30. The van der Waals surface area contributed by atoms with Crippen LogP contribution in [0, 0.1) is 0 Å². The first-order chi connectivity index (χ1) is 16.2. The molecular weight excluding hydrogens is 434 g/mol. The van der Waals surface area contributed by atoms with E-state index < -0.39 is 29.7 Å². The van der Waals surface area contributed by atoms with Crippen LogP contribution in [0.15, 0.2) is 48.5 Å². The SMILES string of the molecule is CCC(C)(CC)OC(=O)C[C@@H](CC(=O)O)N(C)C(=O)OCC1c2ccccc2-c2ccccc21. The molecular formula is C27H33NO6. The molecule has 1 amide bonds. The Morgan fingerprint density at radius 2 is 1.50 bits per heavy atom. The Morgan fingerprint density at radius 1 is 0.971 bits per heavy atom. The van der Waals surface area contributed by atoms with Gasteiger partial charge in [-0.25, -0.2) is 4.79 Å². The second-order valence-electron chi connectivity index (χ2n) is 9.00. The Morgan fingerprint density at radius 3 is 2.00 bits per heavy atom. The lowest BCUT2D eigenvalue weighted by molar-refractivity contribution is -0.160. The number of fused-ring (bicyclic) bond motifs is 3. The zero-order chi connectivity index (χ0) is 24.9. The minimum atomic E-state index is -1.11. The normalized spacial score (nSPS) is 13.5. The first-order valence-electron chi connectivity index (χ1n) is 11.7. The monoisotopic (exact) mass is 467 g/mol. The molecule has 0 aromatic heterocycles. The summed E-state index contributed by atoms with van der Waals surface area (Å²) in [4.78, 5) is 38.0. The van der Waals surface area contributed by atoms with Gasteiger partial charge in [-0.15, -0.1) is 0 Å². The Labute approximate surface area is 200 Å². The van der Waals surface area contributed by atoms with E-state index in [2.05, 4.69) is 12.1 Å². The zero-order valence-corrected chi connectivity index (χ0v) is 20.2. The van der Waals surface area contributed by atoms with Crippen LogP contribution in [0.1, 0.15) is 63.5 Å². The summed E-state index contributed by atoms with van der Waals surface area (Å²) in [6, 6.07) is 15.2. The van der Waals surface area contributed by atoms with Gasteiger partial charge >= 0.3 is 18.0 Å². The fraction of sp³-hybridized carbons (Fsp3) is 0.444. The van der Waals surface area contributed by atoms with Crippen molar-refractivity contribution in [2.24, 2.45) is 0 Å². The first kappa shape index (κ1) is 25.3. The van der Waals surface area contributed by atoms with Gasteiger partial charge in [-0.05, 0) is 42.0 Å². The number of amides is 1. The smallest absolute Gasteiger partial charge is 0.409 e. The van der Waals surface area contributed by atoms with Gasteiger partial charge in [0, 0.05) is 13.0 Å². The molecule has 3 rings (SSSR count). The molecule has 7 heteroatoms. The molecule has 1 atom stereocenters. The maximum absolute atomic E-state index is 12.9. The van der Waals surface area contributed by atoms with Gasteiger partial charge in [0.25, 0.3) is 0 Å². The van der Waals surface area contributed by atoms with Gasteiger partial charge < -0.3 is 19.5 Å². The Hall–Kier alpha value is -3.35. The number of carbonyl (C=O) groups is 3. The van der Waals surface area contributed by atoms with E-state index in [1.165, 1.54) is 11.9 Å². The Kier molecular flexibility index (Phi) is 7.97. The predicted octanol–water partition coefficient (Wildman–Crippen LogP) is 5.22. The van der Waals surface area contributed by atoms with E-state index in [1.54, 1.807) is 0 Å². The van der Waals surface area contributed by atoms with Gasteiger partial charge in [-0.1, -0.05) is 62.4 Å². The standard InChI is InChI=1S/C27H33NO6/c1-5-27(3,6-2)34-25(31)16-18(15-24(29)30)28(4)26(32)33-17-23-21-13-9-7-11-19(21)20-12-8-10-14-22(20)23/h7-14,18,23H,5-6,15-17H2,1-4H3,(H,29,30)/t18-/m1/s1. The highest BCUT2D eigenvalue weighted by atomic mass is 16.6. The fourth-order valence-electron chi connectivity index (χ4n) is 4.30. The van der Waals surface area contributed by atoms with Crippen LogP contribution in [0.2, 0.25) is 0 Å². The van der Waals surface area contributed by atoms with Gasteiger partial charge in [-0.2, -0.15) is 0 Å². The quantitative estimate of drug-likeness (QED) is 0.482. The number of rotatable bonds is 10. The number of nitrogens with zero attached hydrogens (tertiary/aromatic N) is 1. The summed E-state index contributed by atoms with van der Waals surface area (Å²) in [6.45, 7) is 5.81. The lowest BCUT2D eigenvalue weighted by Crippen LogP contribution is -2.42. The van der Waals surface area contributed by atoms with E-state index in [0.717, 1.165) is 22.3 Å². The van der Waals surface area contributed by atoms with Crippen molar-refractivity contribution in [2.75, 3.05) is 13.7 Å². The molecule has 2 aromatic rings. The van der Waals surface area contributed by atoms with Crippen molar-refractivity contribution in [1.82, 2.24) is 4.90 Å². The number of ether oxygens (including phenoxy) is 2. The number of carbonyl (C=O) groups excluding carboxylic acids is 2. The highest BCUT2D eigenvalue weighted by Gasteiger charge is 2.33. The molecule has 0 fully saturated rings. The van der Waals surface area contributed by atoms with Crippen molar-refractivity contribution < 1.29 is 29.0 Å². The topological polar surface area (TPSA) is 93.1 Å². The lowest BCUT2D eigenvalue weighted by atomic mass is 9.98. The Bertz CT molecular complexity index is 999. The second kappa shape index (κ2) is 10.7. The molecule has 0 radical (unpaired) electrons. The van der Waals surface area contributed by atoms with Crippen LogP contribution in [0.3, 0.4) is 0 Å². The van der Waals surface area contributed by atoms with Crippen LogP contribution < -0.4 is 0 Å². The second-order valence-corrected chi connectivity index (χ2v) is 9.00. The largest absolute Gasteiger partial charge is 0.481 e. The summed E-state index contributed by atoms with van der Waals surface area (Å²) in [5.41, 5.74) is 3.79. The van der Waals surface area contributed by atoms with Crippen LogP contribution in [0.4, 0.5) is 4.79 Å². The molecule has 1 N–H and O–H groups in total. The molecule has 0 heterocycles. The molecule has 1 aliphatic rings. The predicted molar refractivity (Wildman–Crippen MR) is 129 cm³/mol. The van der Waals surface area contributed by atoms with Crippen molar-refractivity contribution >= 4 is 18.0 Å². The molecule has 182 valence electrons. The lowest BCUT2D eigenvalue weighted by Gasteiger charge is -2.30. The summed E-state index contributed by atoms with van der Waals surface area (Å²) < 4.78 is 11.2. The molecule has 0 saturated carbocycles. The van der Waals surface area contributed by atoms with Crippen LogP contribution in [-0.4, -0.2) is 53.3 Å². The van der Waals surface area contributed by atoms with Gasteiger partial charge in [0.05, 0.1) is 18.9 Å². The molecule has 7 nitrogen and oxygen atoms in total. The average Bonchev–Trinajstić information content (AvgIpc) is 3.15. The molecule has 0 bridgehead atoms. The average molecular weight is 468 g/mol. The van der Waals surface area contributed by atoms with Crippen molar-refractivity contribution in [2.45, 2.75) is 64.0 Å². The molecule has 0 spiro atoms. The maximum atomic E-state index is 12.9. The number of hydrogen-bond donors (Lipinski definition) is 1. The third-order valence-electron chi connectivity index (χ3n) is 6.84. The minimum absolute atomic E-state index is 0.109. The summed E-state index contributed by atoms with van der Waals surface area (Å²) in [5.74, 6) is -1.75. The van der Waals surface area contributed by atoms with E-state index in [1.807, 2.05) is 57.2 Å². The molecule has 0 unspecified atom stereocenters. The van der Waals surface area contributed by atoms with Crippen LogP contribution in [-0.2, 0) is 19.1 Å². The summed E-state index contributed by atoms with van der Waals surface area (Å²) in [6.07, 6.45) is 0.00443. The van der Waals surface area contributed by atoms with Gasteiger partial charge in [0.1, 0.15) is 12.2 Å². The third kappa shape index (κ3) is 5.58. The van der Waals surface area contributed by atoms with Crippen molar-refractivity contribution in [3.63, 3.8) is 0 Å². The Balaban J connectivity index is 1.69. The van der Waals surface area contributed by atoms with Gasteiger partial charge in [-0.3, -0.25) is 9.59 Å². The minimum Gasteiger partial charge on any atom is -0.481 e. The third-order valence-corrected chi connectivity index (χ3v) is 6.84. The maximum Gasteiger partial charge on any atom is 0.409 e. The van der Waals surface area contributed by atoms with Crippen LogP contribution in [0.25, 0.3) is 11.1 Å². The van der Waals surface area contributed by atoms with E-state index in [9.17, 15) is 19.5 Å². The number of esters is 1. The van der Waals surface area contributed by atoms with Gasteiger partial charge in [0.15, 0.2) is 0 Å². The van der Waals surface area contributed by atoms with E-state index in [-0.39, 0.29) is 25.4 Å². The molecule has 0 aliphatic heterocycles. The number of carboxylic acids is 1. The van der Waals surface area contributed by atoms with Crippen LogP contribution >= 0.6 is 0 Å². The van der Waals surface area contributed by atoms with Crippen molar-refractivity contribution in [3.8, 4) is 11.1 Å². The first-order valence-corrected chi connectivity index (χ1v) is 11.7. The van der Waals surface area contributed by atoms with Crippen molar-refractivity contribution in [3.05, 3.63) is 59.7 Å². The summed E-state index contributed by atoms with van der Waals surface area (Å²) in [5, 5.41) is 9.34. The number of hydrogen-bond acceptors (Lipinski definition) is 5.